The number of aromatic carboxylic acids is 1. The average Bonchev–Trinajstić information content (AvgIpc) is 3.33. The maximum absolute atomic E-state index is 14.1. The highest BCUT2D eigenvalue weighted by atomic mass is 35.5. The summed E-state index contributed by atoms with van der Waals surface area (Å²) in [5, 5.41) is 12.8. The summed E-state index contributed by atoms with van der Waals surface area (Å²) < 4.78 is 31.1. The van der Waals surface area contributed by atoms with E-state index in [2.05, 4.69) is 10.0 Å². The Kier molecular flexibility index (Phi) is 7.70. The van der Waals surface area contributed by atoms with Gasteiger partial charge >= 0.3 is 5.97 Å². The summed E-state index contributed by atoms with van der Waals surface area (Å²) in [6.45, 7) is 1.81. The molecule has 2 atom stereocenters. The molecule has 39 heavy (non-hydrogen) atoms. The normalized spacial score (nSPS) is 15.0. The molecule has 0 aliphatic carbocycles. The van der Waals surface area contributed by atoms with Crippen LogP contribution in [0.5, 0.6) is 0 Å². The summed E-state index contributed by atoms with van der Waals surface area (Å²) in [6.07, 6.45) is 0.605. The van der Waals surface area contributed by atoms with Crippen LogP contribution in [0.4, 0.5) is 8.78 Å². The predicted molar refractivity (Wildman–Crippen MR) is 148 cm³/mol. The Labute approximate surface area is 233 Å². The Morgan fingerprint density at radius 3 is 2.36 bits per heavy atom. The maximum atomic E-state index is 14.1. The van der Waals surface area contributed by atoms with E-state index in [9.17, 15) is 18.4 Å². The number of benzene rings is 4. The van der Waals surface area contributed by atoms with Crippen molar-refractivity contribution in [2.75, 3.05) is 0 Å². The fraction of sp³-hybridized carbons (Fsp3) is 0.133. The summed E-state index contributed by atoms with van der Waals surface area (Å²) >= 11 is 7.43. The molecule has 198 valence electrons. The molecule has 1 unspecified atom stereocenters. The van der Waals surface area contributed by atoms with Crippen LogP contribution in [0, 0.1) is 11.6 Å². The fourth-order valence-electron chi connectivity index (χ4n) is 4.57. The maximum Gasteiger partial charge on any atom is 0.335 e. The number of fused-ring (bicyclic) bond motifs is 1. The van der Waals surface area contributed by atoms with Crippen LogP contribution in [0.3, 0.4) is 0 Å². The van der Waals surface area contributed by atoms with Crippen molar-refractivity contribution in [2.45, 2.75) is 30.3 Å². The van der Waals surface area contributed by atoms with Crippen LogP contribution < -0.4 is 10.0 Å². The van der Waals surface area contributed by atoms with Gasteiger partial charge in [-0.1, -0.05) is 41.9 Å². The van der Waals surface area contributed by atoms with Crippen molar-refractivity contribution in [1.82, 2.24) is 10.0 Å². The minimum atomic E-state index is -1.03. The quantitative estimate of drug-likeness (QED) is 0.204. The Balaban J connectivity index is 1.51. The van der Waals surface area contributed by atoms with Crippen molar-refractivity contribution >= 4 is 35.4 Å². The van der Waals surface area contributed by atoms with E-state index in [-0.39, 0.29) is 17.5 Å². The number of amides is 1. The first-order chi connectivity index (χ1) is 18.7. The third-order valence-corrected chi connectivity index (χ3v) is 7.87. The fourth-order valence-corrected chi connectivity index (χ4v) is 5.71. The standard InChI is InChI=1S/C30H23ClF2N2O3S/c1-16(18-4-6-19(7-5-18)30(37)38)34-29(36)23-13-21(20-8-11-24(32)25(33)14-20)15-27-28(23)26(35-39-27)12-17-2-9-22(31)10-3-17/h2-11,13-16,26,35H,12H2,1H3,(H,34,36)(H,37,38)/t16-,26?/m0/s1. The van der Waals surface area contributed by atoms with Gasteiger partial charge in [-0.2, -0.15) is 0 Å². The Morgan fingerprint density at radius 2 is 1.69 bits per heavy atom. The molecule has 4 aromatic carbocycles. The van der Waals surface area contributed by atoms with E-state index in [1.807, 2.05) is 37.3 Å². The molecule has 3 N–H and O–H groups in total. The van der Waals surface area contributed by atoms with Gasteiger partial charge < -0.3 is 10.4 Å². The Hall–Kier alpha value is -3.72. The Bertz CT molecular complexity index is 1560. The first kappa shape index (κ1) is 26.9. The summed E-state index contributed by atoms with van der Waals surface area (Å²) in [5.74, 6) is -3.28. The number of carbonyl (C=O) groups is 2. The number of rotatable bonds is 7. The predicted octanol–water partition coefficient (Wildman–Crippen LogP) is 7.37. The molecule has 0 radical (unpaired) electrons. The molecule has 5 nitrogen and oxygen atoms in total. The van der Waals surface area contributed by atoms with Crippen LogP contribution >= 0.6 is 23.5 Å². The highest BCUT2D eigenvalue weighted by molar-refractivity contribution is 7.97. The van der Waals surface area contributed by atoms with Gasteiger partial charge in [-0.05, 0) is 102 Å². The van der Waals surface area contributed by atoms with Crippen LogP contribution in [0.15, 0.2) is 83.8 Å². The molecule has 1 heterocycles. The van der Waals surface area contributed by atoms with E-state index in [0.717, 1.165) is 33.7 Å². The van der Waals surface area contributed by atoms with Crippen LogP contribution in [-0.2, 0) is 6.42 Å². The molecule has 0 bridgehead atoms. The van der Waals surface area contributed by atoms with E-state index in [4.69, 9.17) is 16.7 Å². The minimum absolute atomic E-state index is 0.155. The number of halogens is 3. The number of carboxylic acids is 1. The zero-order valence-corrected chi connectivity index (χ0v) is 22.2. The lowest BCUT2D eigenvalue weighted by atomic mass is 9.91. The number of hydrogen-bond acceptors (Lipinski definition) is 4. The number of nitrogens with one attached hydrogen (secondary N) is 2. The average molecular weight is 565 g/mol. The van der Waals surface area contributed by atoms with Gasteiger partial charge in [0.2, 0.25) is 0 Å². The summed E-state index contributed by atoms with van der Waals surface area (Å²) in [6, 6.07) is 20.4. The van der Waals surface area contributed by atoms with Crippen LogP contribution in [0.25, 0.3) is 11.1 Å². The third kappa shape index (κ3) is 5.83. The van der Waals surface area contributed by atoms with E-state index in [1.54, 1.807) is 18.2 Å². The van der Waals surface area contributed by atoms with Crippen LogP contribution in [0.1, 0.15) is 56.4 Å². The monoisotopic (exact) mass is 564 g/mol. The largest absolute Gasteiger partial charge is 0.478 e. The first-order valence-electron chi connectivity index (χ1n) is 12.1. The second kappa shape index (κ2) is 11.2. The van der Waals surface area contributed by atoms with Gasteiger partial charge in [-0.25, -0.2) is 13.6 Å². The topological polar surface area (TPSA) is 78.4 Å². The summed E-state index contributed by atoms with van der Waals surface area (Å²) in [5.41, 5.74) is 4.19. The molecular weight excluding hydrogens is 542 g/mol. The van der Waals surface area contributed by atoms with Crippen molar-refractivity contribution in [1.29, 1.82) is 0 Å². The first-order valence-corrected chi connectivity index (χ1v) is 13.3. The SMILES string of the molecule is C[C@H](NC(=O)c1cc(-c2ccc(F)c(F)c2)cc2c1C(Cc1ccc(Cl)cc1)NS2)c1ccc(C(=O)O)cc1. The summed E-state index contributed by atoms with van der Waals surface area (Å²) in [4.78, 5) is 25.7. The number of carboxylic acid groups (broad SMARTS) is 1. The van der Waals surface area contributed by atoms with E-state index < -0.39 is 23.6 Å². The zero-order chi connectivity index (χ0) is 27.7. The zero-order valence-electron chi connectivity index (χ0n) is 20.7. The molecule has 1 amide bonds. The van der Waals surface area contributed by atoms with Crippen molar-refractivity contribution < 1.29 is 23.5 Å². The molecule has 0 saturated carbocycles. The molecular formula is C30H23ClF2N2O3S. The molecule has 0 spiro atoms. The van der Waals surface area contributed by atoms with Gasteiger partial charge in [0.15, 0.2) is 11.6 Å². The van der Waals surface area contributed by atoms with Gasteiger partial charge in [-0.15, -0.1) is 0 Å². The second-order valence-corrected chi connectivity index (χ2v) is 10.6. The molecule has 9 heteroatoms. The van der Waals surface area contributed by atoms with Crippen molar-refractivity contribution in [2.24, 2.45) is 0 Å². The lowest BCUT2D eigenvalue weighted by Gasteiger charge is -2.19. The van der Waals surface area contributed by atoms with Crippen LogP contribution in [0.2, 0.25) is 5.02 Å². The van der Waals surface area contributed by atoms with E-state index in [0.29, 0.717) is 28.1 Å². The van der Waals surface area contributed by atoms with Gasteiger partial charge in [0, 0.05) is 21.5 Å². The number of hydrogen-bond donors (Lipinski definition) is 3. The molecule has 1 aliphatic rings. The minimum Gasteiger partial charge on any atom is -0.478 e. The third-order valence-electron chi connectivity index (χ3n) is 6.66. The lowest BCUT2D eigenvalue weighted by molar-refractivity contribution is 0.0696. The van der Waals surface area contributed by atoms with Gasteiger partial charge in [0.05, 0.1) is 11.6 Å². The summed E-state index contributed by atoms with van der Waals surface area (Å²) in [7, 11) is 0. The molecule has 5 rings (SSSR count). The van der Waals surface area contributed by atoms with Gasteiger partial charge in [-0.3, -0.25) is 9.52 Å². The molecule has 0 aromatic heterocycles. The molecule has 1 aliphatic heterocycles. The molecule has 4 aromatic rings. The molecule has 0 saturated heterocycles. The van der Waals surface area contributed by atoms with E-state index >= 15 is 0 Å². The smallest absolute Gasteiger partial charge is 0.335 e. The van der Waals surface area contributed by atoms with Gasteiger partial charge in [0.1, 0.15) is 0 Å². The van der Waals surface area contributed by atoms with Gasteiger partial charge in [0.25, 0.3) is 5.91 Å². The molecule has 0 fully saturated rings. The van der Waals surface area contributed by atoms with Crippen molar-refractivity contribution in [3.8, 4) is 11.1 Å². The van der Waals surface area contributed by atoms with E-state index in [1.165, 1.54) is 30.1 Å². The van der Waals surface area contributed by atoms with Crippen molar-refractivity contribution in [3.05, 3.63) is 123 Å². The lowest BCUT2D eigenvalue weighted by Crippen LogP contribution is -2.28. The number of carbonyl (C=O) groups excluding carboxylic acids is 1. The Morgan fingerprint density at radius 1 is 0.974 bits per heavy atom. The van der Waals surface area contributed by atoms with Crippen LogP contribution in [-0.4, -0.2) is 17.0 Å². The highest BCUT2D eigenvalue weighted by Crippen LogP contribution is 2.42. The van der Waals surface area contributed by atoms with Crippen molar-refractivity contribution in [3.63, 3.8) is 0 Å². The second-order valence-electron chi connectivity index (χ2n) is 9.29. The highest BCUT2D eigenvalue weighted by Gasteiger charge is 2.30.